The van der Waals surface area contributed by atoms with Crippen molar-refractivity contribution >= 4 is 17.6 Å². The third-order valence-corrected chi connectivity index (χ3v) is 4.85. The smallest absolute Gasteiger partial charge is 0.166 e. The zero-order chi connectivity index (χ0) is 19.2. The molecular weight excluding hydrogens is 367 g/mol. The summed E-state index contributed by atoms with van der Waals surface area (Å²) in [6.07, 6.45) is 0.893. The van der Waals surface area contributed by atoms with Crippen LogP contribution in [0.25, 0.3) is 22.5 Å². The number of pyridine rings is 1. The first kappa shape index (κ1) is 19.3. The van der Waals surface area contributed by atoms with Crippen LogP contribution in [0.4, 0.5) is 10.2 Å². The average molecular weight is 388 g/mol. The molecule has 3 aromatic rings. The van der Waals surface area contributed by atoms with Crippen LogP contribution in [0.1, 0.15) is 6.92 Å². The molecule has 0 fully saturated rings. The van der Waals surface area contributed by atoms with Gasteiger partial charge in [-0.1, -0.05) is 11.8 Å². The van der Waals surface area contributed by atoms with E-state index >= 15 is 0 Å². The molecule has 1 unspecified atom stereocenters. The SMILES string of the molecule is CCNc1cc(-c2[nH]c(SCC(O)CO)nc2-c2ccc(F)cc2)ccn1. The highest BCUT2D eigenvalue weighted by atomic mass is 32.2. The second-order valence-electron chi connectivity index (χ2n) is 5.88. The van der Waals surface area contributed by atoms with Crippen molar-refractivity contribution in [1.82, 2.24) is 15.0 Å². The van der Waals surface area contributed by atoms with Crippen molar-refractivity contribution in [2.24, 2.45) is 0 Å². The number of H-pyrrole nitrogens is 1. The minimum absolute atomic E-state index is 0.304. The van der Waals surface area contributed by atoms with E-state index in [0.717, 1.165) is 29.2 Å². The Kier molecular flexibility index (Phi) is 6.44. The van der Waals surface area contributed by atoms with Gasteiger partial charge in [-0.15, -0.1) is 0 Å². The number of imidazole rings is 1. The molecule has 1 atom stereocenters. The third-order valence-electron chi connectivity index (χ3n) is 3.83. The summed E-state index contributed by atoms with van der Waals surface area (Å²) in [5, 5.41) is 22.4. The fourth-order valence-corrected chi connectivity index (χ4v) is 3.32. The first-order valence-corrected chi connectivity index (χ1v) is 9.57. The molecule has 6 nitrogen and oxygen atoms in total. The van der Waals surface area contributed by atoms with Gasteiger partial charge in [0.1, 0.15) is 11.6 Å². The van der Waals surface area contributed by atoms with Gasteiger partial charge < -0.3 is 20.5 Å². The largest absolute Gasteiger partial charge is 0.394 e. The number of nitrogens with one attached hydrogen (secondary N) is 2. The lowest BCUT2D eigenvalue weighted by molar-refractivity contribution is 0.113. The van der Waals surface area contributed by atoms with E-state index in [4.69, 9.17) is 5.11 Å². The van der Waals surface area contributed by atoms with E-state index in [9.17, 15) is 9.50 Å². The highest BCUT2D eigenvalue weighted by Crippen LogP contribution is 2.33. The van der Waals surface area contributed by atoms with E-state index in [1.54, 1.807) is 18.3 Å². The molecule has 4 N–H and O–H groups in total. The van der Waals surface area contributed by atoms with Crippen LogP contribution in [-0.4, -0.2) is 50.2 Å². The van der Waals surface area contributed by atoms with Crippen molar-refractivity contribution < 1.29 is 14.6 Å². The lowest BCUT2D eigenvalue weighted by Gasteiger charge is -2.06. The number of halogens is 1. The fraction of sp³-hybridized carbons (Fsp3) is 0.263. The highest BCUT2D eigenvalue weighted by Gasteiger charge is 2.16. The van der Waals surface area contributed by atoms with Gasteiger partial charge in [-0.05, 0) is 43.3 Å². The Balaban J connectivity index is 2.00. The van der Waals surface area contributed by atoms with Gasteiger partial charge in [0.25, 0.3) is 0 Å². The molecule has 0 saturated heterocycles. The zero-order valence-electron chi connectivity index (χ0n) is 14.8. The van der Waals surface area contributed by atoms with Crippen LogP contribution in [0, 0.1) is 5.82 Å². The second-order valence-corrected chi connectivity index (χ2v) is 6.89. The molecule has 0 aliphatic heterocycles. The number of hydrogen-bond acceptors (Lipinski definition) is 6. The predicted molar refractivity (Wildman–Crippen MR) is 105 cm³/mol. The summed E-state index contributed by atoms with van der Waals surface area (Å²) in [5.41, 5.74) is 3.13. The second kappa shape index (κ2) is 8.98. The van der Waals surface area contributed by atoms with Crippen molar-refractivity contribution in [3.8, 4) is 22.5 Å². The summed E-state index contributed by atoms with van der Waals surface area (Å²) in [5.74, 6) is 0.750. The van der Waals surface area contributed by atoms with E-state index in [-0.39, 0.29) is 12.4 Å². The lowest BCUT2D eigenvalue weighted by atomic mass is 10.1. The monoisotopic (exact) mass is 388 g/mol. The number of aliphatic hydroxyl groups excluding tert-OH is 2. The summed E-state index contributed by atoms with van der Waals surface area (Å²) in [6, 6.07) is 9.94. The molecule has 27 heavy (non-hydrogen) atoms. The Morgan fingerprint density at radius 1 is 1.22 bits per heavy atom. The predicted octanol–water partition coefficient (Wildman–Crippen LogP) is 3.15. The van der Waals surface area contributed by atoms with Gasteiger partial charge in [0, 0.05) is 29.6 Å². The Hall–Kier alpha value is -2.42. The molecule has 142 valence electrons. The summed E-state index contributed by atoms with van der Waals surface area (Å²) < 4.78 is 13.3. The molecule has 3 rings (SSSR count). The van der Waals surface area contributed by atoms with Crippen LogP contribution in [0.5, 0.6) is 0 Å². The van der Waals surface area contributed by atoms with Crippen molar-refractivity contribution in [1.29, 1.82) is 0 Å². The molecule has 1 aromatic carbocycles. The summed E-state index contributed by atoms with van der Waals surface area (Å²) in [4.78, 5) is 12.2. The normalized spacial score (nSPS) is 12.1. The molecule has 0 aliphatic rings. The molecule has 0 radical (unpaired) electrons. The van der Waals surface area contributed by atoms with Gasteiger partial charge in [-0.2, -0.15) is 0 Å². The number of nitrogens with zero attached hydrogens (tertiary/aromatic N) is 2. The van der Waals surface area contributed by atoms with Crippen LogP contribution >= 0.6 is 11.8 Å². The molecule has 0 bridgehead atoms. The zero-order valence-corrected chi connectivity index (χ0v) is 15.6. The fourth-order valence-electron chi connectivity index (χ4n) is 2.54. The molecule has 0 aliphatic carbocycles. The van der Waals surface area contributed by atoms with Crippen LogP contribution in [0.15, 0.2) is 47.8 Å². The molecular formula is C19H21FN4O2S. The Morgan fingerprint density at radius 3 is 2.70 bits per heavy atom. The molecule has 2 heterocycles. The van der Waals surface area contributed by atoms with E-state index < -0.39 is 6.10 Å². The van der Waals surface area contributed by atoms with E-state index in [0.29, 0.717) is 16.6 Å². The third kappa shape index (κ3) is 4.85. The lowest BCUT2D eigenvalue weighted by Crippen LogP contribution is -2.14. The Labute approximate surface area is 160 Å². The Morgan fingerprint density at radius 2 is 2.00 bits per heavy atom. The van der Waals surface area contributed by atoms with Gasteiger partial charge in [0.05, 0.1) is 24.1 Å². The number of aromatic nitrogens is 3. The summed E-state index contributed by atoms with van der Waals surface area (Å²) in [7, 11) is 0. The van der Waals surface area contributed by atoms with Crippen LogP contribution in [0.3, 0.4) is 0 Å². The quantitative estimate of drug-likeness (QED) is 0.443. The minimum Gasteiger partial charge on any atom is -0.394 e. The number of rotatable bonds is 8. The highest BCUT2D eigenvalue weighted by molar-refractivity contribution is 7.99. The topological polar surface area (TPSA) is 94.1 Å². The number of aromatic amines is 1. The van der Waals surface area contributed by atoms with Crippen LogP contribution in [0.2, 0.25) is 0 Å². The average Bonchev–Trinajstić information content (AvgIpc) is 3.11. The van der Waals surface area contributed by atoms with Gasteiger partial charge in [0.2, 0.25) is 0 Å². The van der Waals surface area contributed by atoms with Crippen molar-refractivity contribution in [3.05, 3.63) is 48.4 Å². The van der Waals surface area contributed by atoms with Crippen LogP contribution in [-0.2, 0) is 0 Å². The minimum atomic E-state index is -0.820. The summed E-state index contributed by atoms with van der Waals surface area (Å²) >= 11 is 1.31. The van der Waals surface area contributed by atoms with Gasteiger partial charge >= 0.3 is 0 Å². The van der Waals surface area contributed by atoms with Crippen molar-refractivity contribution in [3.63, 3.8) is 0 Å². The summed E-state index contributed by atoms with van der Waals surface area (Å²) in [6.45, 7) is 2.45. The number of hydrogen-bond donors (Lipinski definition) is 4. The van der Waals surface area contributed by atoms with E-state index in [1.807, 2.05) is 19.1 Å². The van der Waals surface area contributed by atoms with Crippen molar-refractivity contribution in [2.75, 3.05) is 24.2 Å². The molecule has 0 spiro atoms. The maximum atomic E-state index is 13.3. The van der Waals surface area contributed by atoms with Crippen molar-refractivity contribution in [2.45, 2.75) is 18.2 Å². The van der Waals surface area contributed by atoms with Gasteiger partial charge in [-0.25, -0.2) is 14.4 Å². The van der Waals surface area contributed by atoms with E-state index in [1.165, 1.54) is 23.9 Å². The molecule has 8 heteroatoms. The standard InChI is InChI=1S/C19H21FN4O2S/c1-2-21-16-9-13(7-8-22-16)18-17(12-3-5-14(20)6-4-12)23-19(24-18)27-11-15(26)10-25/h3-9,15,25-26H,2,10-11H2,1H3,(H,21,22)(H,23,24). The van der Waals surface area contributed by atoms with Gasteiger partial charge in [0.15, 0.2) is 5.16 Å². The maximum absolute atomic E-state index is 13.3. The van der Waals surface area contributed by atoms with Crippen LogP contribution < -0.4 is 5.32 Å². The Bertz CT molecular complexity index is 886. The first-order valence-electron chi connectivity index (χ1n) is 8.58. The number of anilines is 1. The van der Waals surface area contributed by atoms with E-state index in [2.05, 4.69) is 20.3 Å². The number of benzene rings is 1. The van der Waals surface area contributed by atoms with Gasteiger partial charge in [-0.3, -0.25) is 0 Å². The maximum Gasteiger partial charge on any atom is 0.166 e. The first-order chi connectivity index (χ1) is 13.1. The number of aliphatic hydroxyl groups is 2. The molecule has 0 amide bonds. The number of thioether (sulfide) groups is 1. The molecule has 0 saturated carbocycles. The molecule has 2 aromatic heterocycles.